The van der Waals surface area contributed by atoms with Gasteiger partial charge < -0.3 is 14.5 Å². The third-order valence-corrected chi connectivity index (χ3v) is 4.54. The van der Waals surface area contributed by atoms with Gasteiger partial charge in [-0.1, -0.05) is 36.4 Å². The minimum Gasteiger partial charge on any atom is -0.406 e. The van der Waals surface area contributed by atoms with E-state index in [-0.39, 0.29) is 24.5 Å². The molecule has 0 saturated carbocycles. The van der Waals surface area contributed by atoms with Crippen molar-refractivity contribution in [1.29, 1.82) is 0 Å². The number of rotatable bonds is 4. The van der Waals surface area contributed by atoms with Crippen molar-refractivity contribution < 1.29 is 22.7 Å². The van der Waals surface area contributed by atoms with Crippen LogP contribution in [0.2, 0.25) is 0 Å². The Labute approximate surface area is 156 Å². The van der Waals surface area contributed by atoms with Crippen LogP contribution in [0, 0.1) is 0 Å². The topological polar surface area (TPSA) is 32.8 Å². The van der Waals surface area contributed by atoms with E-state index in [1.54, 1.807) is 17.0 Å². The summed E-state index contributed by atoms with van der Waals surface area (Å²) in [6.45, 7) is 2.03. The summed E-state index contributed by atoms with van der Waals surface area (Å²) in [7, 11) is 2.00. The lowest BCUT2D eigenvalue weighted by Gasteiger charge is -2.23. The highest BCUT2D eigenvalue weighted by atomic mass is 19.4. The quantitative estimate of drug-likeness (QED) is 0.806. The first kappa shape index (κ1) is 19.2. The van der Waals surface area contributed by atoms with Gasteiger partial charge in [-0.05, 0) is 36.7 Å². The largest absolute Gasteiger partial charge is 0.573 e. The Morgan fingerprint density at radius 1 is 1.07 bits per heavy atom. The van der Waals surface area contributed by atoms with Gasteiger partial charge in [0.15, 0.2) is 0 Å². The molecule has 1 aliphatic rings. The number of hydrogen-bond donors (Lipinski definition) is 0. The van der Waals surface area contributed by atoms with Crippen molar-refractivity contribution in [3.8, 4) is 5.75 Å². The third-order valence-electron chi connectivity index (χ3n) is 4.54. The zero-order chi connectivity index (χ0) is 19.4. The van der Waals surface area contributed by atoms with Crippen molar-refractivity contribution >= 4 is 11.6 Å². The number of fused-ring (bicyclic) bond motifs is 1. The van der Waals surface area contributed by atoms with Crippen LogP contribution in [0.4, 0.5) is 18.9 Å². The SMILES string of the molecule is CN1CCN(C(=O)CCc2ccccc2OC(F)(F)F)c2ccccc2C1. The number of halogens is 3. The van der Waals surface area contributed by atoms with Gasteiger partial charge in [0.05, 0.1) is 0 Å². The number of hydrogen-bond acceptors (Lipinski definition) is 3. The second-order valence-corrected chi connectivity index (χ2v) is 6.57. The summed E-state index contributed by atoms with van der Waals surface area (Å²) in [5.41, 5.74) is 2.29. The van der Waals surface area contributed by atoms with E-state index in [0.29, 0.717) is 12.1 Å². The van der Waals surface area contributed by atoms with Crippen LogP contribution in [0.5, 0.6) is 5.75 Å². The highest BCUT2D eigenvalue weighted by Gasteiger charge is 2.32. The first-order valence-corrected chi connectivity index (χ1v) is 8.74. The molecule has 2 aromatic carbocycles. The monoisotopic (exact) mass is 378 g/mol. The first-order valence-electron chi connectivity index (χ1n) is 8.74. The summed E-state index contributed by atoms with van der Waals surface area (Å²) in [4.78, 5) is 16.7. The van der Waals surface area contributed by atoms with Gasteiger partial charge in [0.2, 0.25) is 5.91 Å². The van der Waals surface area contributed by atoms with Gasteiger partial charge in [-0.3, -0.25) is 4.79 Å². The molecule has 0 N–H and O–H groups in total. The van der Waals surface area contributed by atoms with Crippen LogP contribution in [-0.2, 0) is 17.8 Å². The standard InChI is InChI=1S/C20H21F3N2O2/c1-24-12-13-25(17-8-4-2-7-16(17)14-24)19(26)11-10-15-6-3-5-9-18(15)27-20(21,22)23/h2-9H,10-14H2,1H3. The van der Waals surface area contributed by atoms with Crippen molar-refractivity contribution in [3.05, 3.63) is 59.7 Å². The molecule has 1 amide bonds. The Hall–Kier alpha value is -2.54. The Balaban J connectivity index is 1.74. The molecule has 0 radical (unpaired) electrons. The van der Waals surface area contributed by atoms with Crippen molar-refractivity contribution in [2.75, 3.05) is 25.0 Å². The Morgan fingerprint density at radius 3 is 2.56 bits per heavy atom. The molecule has 7 heteroatoms. The first-order chi connectivity index (χ1) is 12.8. The number of nitrogens with zero attached hydrogens (tertiary/aromatic N) is 2. The predicted molar refractivity (Wildman–Crippen MR) is 96.6 cm³/mol. The average molecular weight is 378 g/mol. The smallest absolute Gasteiger partial charge is 0.406 e. The number of alkyl halides is 3. The van der Waals surface area contributed by atoms with E-state index in [4.69, 9.17) is 0 Å². The number of ether oxygens (including phenoxy) is 1. The lowest BCUT2D eigenvalue weighted by molar-refractivity contribution is -0.274. The normalized spacial score (nSPS) is 15.2. The predicted octanol–water partition coefficient (Wildman–Crippen LogP) is 4.00. The number of carbonyl (C=O) groups is 1. The van der Waals surface area contributed by atoms with E-state index in [9.17, 15) is 18.0 Å². The molecule has 144 valence electrons. The summed E-state index contributed by atoms with van der Waals surface area (Å²) >= 11 is 0. The fourth-order valence-electron chi connectivity index (χ4n) is 3.24. The highest BCUT2D eigenvalue weighted by molar-refractivity contribution is 5.94. The molecule has 0 unspecified atom stereocenters. The Morgan fingerprint density at radius 2 is 1.78 bits per heavy atom. The summed E-state index contributed by atoms with van der Waals surface area (Å²) in [5, 5.41) is 0. The van der Waals surface area contributed by atoms with Crippen LogP contribution in [0.25, 0.3) is 0 Å². The van der Waals surface area contributed by atoms with Gasteiger partial charge >= 0.3 is 6.36 Å². The maximum absolute atomic E-state index is 12.8. The molecular formula is C20H21F3N2O2. The zero-order valence-electron chi connectivity index (χ0n) is 15.0. The maximum atomic E-state index is 12.8. The van der Waals surface area contributed by atoms with E-state index in [1.807, 2.05) is 31.3 Å². The molecule has 0 aromatic heterocycles. The van der Waals surface area contributed by atoms with Gasteiger partial charge in [-0.2, -0.15) is 0 Å². The summed E-state index contributed by atoms with van der Waals surface area (Å²) in [5.74, 6) is -0.367. The van der Waals surface area contributed by atoms with Crippen LogP contribution in [0.3, 0.4) is 0 Å². The molecule has 4 nitrogen and oxygen atoms in total. The fraction of sp³-hybridized carbons (Fsp3) is 0.350. The van der Waals surface area contributed by atoms with Gasteiger partial charge in [0.1, 0.15) is 5.75 Å². The second kappa shape index (κ2) is 8.00. The molecule has 0 saturated heterocycles. The van der Waals surface area contributed by atoms with Crippen molar-refractivity contribution in [2.45, 2.75) is 25.7 Å². The van der Waals surface area contributed by atoms with Crippen molar-refractivity contribution in [2.24, 2.45) is 0 Å². The second-order valence-electron chi connectivity index (χ2n) is 6.57. The van der Waals surface area contributed by atoms with Crippen LogP contribution >= 0.6 is 0 Å². The van der Waals surface area contributed by atoms with Gasteiger partial charge in [-0.15, -0.1) is 13.2 Å². The van der Waals surface area contributed by atoms with Gasteiger partial charge in [0.25, 0.3) is 0 Å². The fourth-order valence-corrected chi connectivity index (χ4v) is 3.24. The van der Waals surface area contributed by atoms with E-state index in [2.05, 4.69) is 9.64 Å². The van der Waals surface area contributed by atoms with Crippen molar-refractivity contribution in [1.82, 2.24) is 4.90 Å². The Kier molecular flexibility index (Phi) is 5.70. The van der Waals surface area contributed by atoms with Gasteiger partial charge in [-0.25, -0.2) is 0 Å². The van der Waals surface area contributed by atoms with Crippen molar-refractivity contribution in [3.63, 3.8) is 0 Å². The molecular weight excluding hydrogens is 357 g/mol. The molecule has 0 spiro atoms. The van der Waals surface area contributed by atoms with Crippen LogP contribution in [0.15, 0.2) is 48.5 Å². The molecule has 27 heavy (non-hydrogen) atoms. The number of anilines is 1. The number of amides is 1. The van der Waals surface area contributed by atoms with E-state index >= 15 is 0 Å². The molecule has 3 rings (SSSR count). The molecule has 1 aliphatic heterocycles. The Bertz CT molecular complexity index is 808. The number of benzene rings is 2. The van der Waals surface area contributed by atoms with E-state index in [1.165, 1.54) is 12.1 Å². The van der Waals surface area contributed by atoms with Gasteiger partial charge in [0, 0.05) is 31.7 Å². The van der Waals surface area contributed by atoms with Crippen LogP contribution in [-0.4, -0.2) is 37.3 Å². The number of carbonyl (C=O) groups excluding carboxylic acids is 1. The number of para-hydroxylation sites is 2. The molecule has 0 fully saturated rings. The lowest BCUT2D eigenvalue weighted by atomic mass is 10.1. The summed E-state index contributed by atoms with van der Waals surface area (Å²) < 4.78 is 41.7. The summed E-state index contributed by atoms with van der Waals surface area (Å²) in [6, 6.07) is 13.7. The lowest BCUT2D eigenvalue weighted by Crippen LogP contribution is -2.35. The third kappa shape index (κ3) is 5.01. The van der Waals surface area contributed by atoms with Crippen LogP contribution < -0.4 is 9.64 Å². The average Bonchev–Trinajstić information content (AvgIpc) is 2.77. The summed E-state index contributed by atoms with van der Waals surface area (Å²) in [6.07, 6.45) is -4.47. The molecule has 0 atom stereocenters. The number of aryl methyl sites for hydroxylation is 1. The zero-order valence-corrected chi connectivity index (χ0v) is 15.0. The van der Waals surface area contributed by atoms with E-state index < -0.39 is 6.36 Å². The molecule has 1 heterocycles. The molecule has 2 aromatic rings. The molecule has 0 aliphatic carbocycles. The number of likely N-dealkylation sites (N-methyl/N-ethyl adjacent to an activating group) is 1. The highest BCUT2D eigenvalue weighted by Crippen LogP contribution is 2.28. The minimum atomic E-state index is -4.76. The van der Waals surface area contributed by atoms with Crippen LogP contribution in [0.1, 0.15) is 17.5 Å². The minimum absolute atomic E-state index is 0.107. The maximum Gasteiger partial charge on any atom is 0.573 e. The van der Waals surface area contributed by atoms with E-state index in [0.717, 1.165) is 24.3 Å². The molecule has 0 bridgehead atoms.